The van der Waals surface area contributed by atoms with Crippen LogP contribution in [0.3, 0.4) is 0 Å². The Morgan fingerprint density at radius 1 is 1.23 bits per heavy atom. The quantitative estimate of drug-likeness (QED) is 0.493. The third-order valence-corrected chi connectivity index (χ3v) is 3.73. The van der Waals surface area contributed by atoms with Crippen LogP contribution in [0.4, 0.5) is 4.39 Å². The molecule has 1 amide bonds. The Hall–Kier alpha value is -1.73. The zero-order chi connectivity index (χ0) is 19.9. The van der Waals surface area contributed by atoms with Crippen LogP contribution < -0.4 is 0 Å². The fourth-order valence-electron chi connectivity index (χ4n) is 2.03. The summed E-state index contributed by atoms with van der Waals surface area (Å²) in [5.74, 6) is -1.28. The van der Waals surface area contributed by atoms with Gasteiger partial charge in [0.2, 0.25) is 5.91 Å². The lowest BCUT2D eigenvalue weighted by atomic mass is 10.2. The summed E-state index contributed by atoms with van der Waals surface area (Å²) in [6.07, 6.45) is 2.67. The molecule has 0 saturated heterocycles. The van der Waals surface area contributed by atoms with E-state index in [1.807, 2.05) is 19.0 Å². The van der Waals surface area contributed by atoms with E-state index >= 15 is 0 Å². The molecule has 0 bridgehead atoms. The first kappa shape index (κ1) is 22.3. The number of hydrogen-bond acceptors (Lipinski definition) is 4. The number of hydrogen-bond donors (Lipinski definition) is 0. The van der Waals surface area contributed by atoms with Crippen molar-refractivity contribution >= 4 is 33.9 Å². The highest BCUT2D eigenvalue weighted by atomic mass is 79.9. The predicted octanol–water partition coefficient (Wildman–Crippen LogP) is 3.33. The van der Waals surface area contributed by atoms with Crippen molar-refractivity contribution in [3.63, 3.8) is 0 Å². The third-order valence-electron chi connectivity index (χ3n) is 3.23. The lowest BCUT2D eigenvalue weighted by Crippen LogP contribution is -2.41. The van der Waals surface area contributed by atoms with Gasteiger partial charge < -0.3 is 14.5 Å². The number of ether oxygens (including phenoxy) is 1. The van der Waals surface area contributed by atoms with Crippen LogP contribution in [0.5, 0.6) is 0 Å². The van der Waals surface area contributed by atoms with Crippen LogP contribution in [0.2, 0.25) is 0 Å². The number of amides is 1. The average molecular weight is 429 g/mol. The van der Waals surface area contributed by atoms with Crippen molar-refractivity contribution in [3.8, 4) is 0 Å². The molecule has 0 radical (unpaired) electrons. The van der Waals surface area contributed by atoms with Crippen molar-refractivity contribution < 1.29 is 18.7 Å². The number of carbonyl (C=O) groups is 2. The van der Waals surface area contributed by atoms with Crippen LogP contribution in [0.15, 0.2) is 28.7 Å². The Morgan fingerprint density at radius 3 is 2.46 bits per heavy atom. The number of likely N-dealkylation sites (N-methyl/N-ethyl adjacent to an activating group) is 1. The third kappa shape index (κ3) is 8.58. The predicted molar refractivity (Wildman–Crippen MR) is 104 cm³/mol. The van der Waals surface area contributed by atoms with E-state index < -0.39 is 17.4 Å². The molecule has 7 heteroatoms. The summed E-state index contributed by atoms with van der Waals surface area (Å²) in [5.41, 5.74) is -0.333. The van der Waals surface area contributed by atoms with Crippen molar-refractivity contribution in [2.45, 2.75) is 26.4 Å². The molecule has 0 saturated carbocycles. The second-order valence-electron chi connectivity index (χ2n) is 7.15. The van der Waals surface area contributed by atoms with Crippen LogP contribution in [0.25, 0.3) is 6.08 Å². The minimum atomic E-state index is -0.622. The van der Waals surface area contributed by atoms with Crippen molar-refractivity contribution in [1.29, 1.82) is 0 Å². The molecule has 0 aliphatic rings. The number of carbonyl (C=O) groups excluding carboxylic acids is 2. The van der Waals surface area contributed by atoms with E-state index in [-0.39, 0.29) is 18.0 Å². The topological polar surface area (TPSA) is 49.9 Å². The van der Waals surface area contributed by atoms with Crippen LogP contribution in [-0.2, 0) is 14.3 Å². The largest absolute Gasteiger partial charge is 0.459 e. The van der Waals surface area contributed by atoms with E-state index in [0.29, 0.717) is 17.6 Å². The first-order chi connectivity index (χ1) is 12.0. The molecule has 0 atom stereocenters. The molecule has 0 aliphatic heterocycles. The van der Waals surface area contributed by atoms with Gasteiger partial charge >= 0.3 is 5.97 Å². The highest BCUT2D eigenvalue weighted by Gasteiger charge is 2.21. The van der Waals surface area contributed by atoms with Gasteiger partial charge in [0.15, 0.2) is 0 Å². The minimum Gasteiger partial charge on any atom is -0.459 e. The van der Waals surface area contributed by atoms with Gasteiger partial charge in [-0.15, -0.1) is 0 Å². The Labute approximate surface area is 162 Å². The van der Waals surface area contributed by atoms with Gasteiger partial charge in [0, 0.05) is 29.2 Å². The van der Waals surface area contributed by atoms with Crippen LogP contribution in [-0.4, -0.2) is 61.0 Å². The van der Waals surface area contributed by atoms with E-state index in [4.69, 9.17) is 4.74 Å². The van der Waals surface area contributed by atoms with Gasteiger partial charge in [-0.3, -0.25) is 9.59 Å². The maximum atomic E-state index is 13.8. The van der Waals surface area contributed by atoms with Gasteiger partial charge in [-0.1, -0.05) is 15.9 Å². The summed E-state index contributed by atoms with van der Waals surface area (Å²) in [6.45, 7) is 6.10. The van der Waals surface area contributed by atoms with Gasteiger partial charge in [-0.05, 0) is 59.1 Å². The van der Waals surface area contributed by atoms with Gasteiger partial charge in [0.05, 0.1) is 0 Å². The zero-order valence-corrected chi connectivity index (χ0v) is 17.5. The second kappa shape index (κ2) is 9.83. The van der Waals surface area contributed by atoms with Crippen molar-refractivity contribution in [2.75, 3.05) is 33.7 Å². The van der Waals surface area contributed by atoms with Gasteiger partial charge in [0.1, 0.15) is 18.0 Å². The lowest BCUT2D eigenvalue weighted by molar-refractivity contribution is -0.158. The molecular formula is C19H26BrFN2O3. The number of halogens is 2. The molecule has 0 aromatic heterocycles. The van der Waals surface area contributed by atoms with E-state index in [0.717, 1.165) is 0 Å². The zero-order valence-electron chi connectivity index (χ0n) is 15.9. The fourth-order valence-corrected chi connectivity index (χ4v) is 2.41. The molecule has 1 aromatic rings. The van der Waals surface area contributed by atoms with Crippen LogP contribution in [0, 0.1) is 5.82 Å². The Bertz CT molecular complexity index is 669. The molecule has 5 nitrogen and oxygen atoms in total. The van der Waals surface area contributed by atoms with Crippen molar-refractivity contribution in [1.82, 2.24) is 9.80 Å². The average Bonchev–Trinajstić information content (AvgIpc) is 2.50. The highest BCUT2D eigenvalue weighted by molar-refractivity contribution is 9.10. The van der Waals surface area contributed by atoms with E-state index in [9.17, 15) is 14.0 Å². The summed E-state index contributed by atoms with van der Waals surface area (Å²) < 4.78 is 19.8. The van der Waals surface area contributed by atoms with Crippen molar-refractivity contribution in [3.05, 3.63) is 40.1 Å². The number of rotatable bonds is 7. The Kier molecular flexibility index (Phi) is 8.43. The maximum Gasteiger partial charge on any atom is 0.326 e. The molecule has 26 heavy (non-hydrogen) atoms. The summed E-state index contributed by atoms with van der Waals surface area (Å²) in [4.78, 5) is 27.9. The van der Waals surface area contributed by atoms with Gasteiger partial charge in [-0.2, -0.15) is 0 Å². The van der Waals surface area contributed by atoms with Crippen LogP contribution in [0.1, 0.15) is 26.3 Å². The van der Waals surface area contributed by atoms with Gasteiger partial charge in [0.25, 0.3) is 0 Å². The number of benzene rings is 1. The Balaban J connectivity index is 2.87. The molecule has 144 valence electrons. The summed E-state index contributed by atoms with van der Waals surface area (Å²) in [6, 6.07) is 4.48. The number of esters is 1. The molecule has 0 spiro atoms. The summed E-state index contributed by atoms with van der Waals surface area (Å²) in [5, 5.41) is 0. The van der Waals surface area contributed by atoms with E-state index in [1.54, 1.807) is 32.9 Å². The fraction of sp³-hybridized carbons (Fsp3) is 0.474. The maximum absolute atomic E-state index is 13.8. The Morgan fingerprint density at radius 2 is 1.88 bits per heavy atom. The molecule has 1 rings (SSSR count). The first-order valence-electron chi connectivity index (χ1n) is 8.26. The summed E-state index contributed by atoms with van der Waals surface area (Å²) in [7, 11) is 3.76. The smallest absolute Gasteiger partial charge is 0.326 e. The standard InChI is InChI=1S/C19H26BrFN2O3/c1-19(2,3)26-18(25)13-23(11-10-22(4)5)17(24)9-6-14-12-15(20)7-8-16(14)21/h6-9,12H,10-11,13H2,1-5H3/b9-6+. The highest BCUT2D eigenvalue weighted by Crippen LogP contribution is 2.17. The summed E-state index contributed by atoms with van der Waals surface area (Å²) >= 11 is 3.27. The normalized spacial score (nSPS) is 11.8. The molecular weight excluding hydrogens is 403 g/mol. The molecule has 0 unspecified atom stereocenters. The van der Waals surface area contributed by atoms with Gasteiger partial charge in [-0.25, -0.2) is 4.39 Å². The number of nitrogens with zero attached hydrogens (tertiary/aromatic N) is 2. The van der Waals surface area contributed by atoms with Crippen molar-refractivity contribution in [2.24, 2.45) is 0 Å². The molecule has 0 aliphatic carbocycles. The lowest BCUT2D eigenvalue weighted by Gasteiger charge is -2.25. The SMILES string of the molecule is CN(C)CCN(CC(=O)OC(C)(C)C)C(=O)/C=C/c1cc(Br)ccc1F. The second-order valence-corrected chi connectivity index (χ2v) is 8.06. The molecule has 0 N–H and O–H groups in total. The molecule has 0 fully saturated rings. The van der Waals surface area contributed by atoms with E-state index in [2.05, 4.69) is 15.9 Å². The molecule has 1 aromatic carbocycles. The van der Waals surface area contributed by atoms with E-state index in [1.165, 1.54) is 23.1 Å². The van der Waals surface area contributed by atoms with Crippen LogP contribution >= 0.6 is 15.9 Å². The minimum absolute atomic E-state index is 0.157. The first-order valence-corrected chi connectivity index (χ1v) is 9.06. The monoisotopic (exact) mass is 428 g/mol. The molecule has 0 heterocycles.